The zero-order valence-electron chi connectivity index (χ0n) is 13.6. The van der Waals surface area contributed by atoms with Gasteiger partial charge in [-0.25, -0.2) is 4.98 Å². The average molecular weight is 451 g/mol. The number of hydrogen-bond donors (Lipinski definition) is 1. The molecule has 0 radical (unpaired) electrons. The molecule has 0 aliphatic heterocycles. The van der Waals surface area contributed by atoms with E-state index in [0.717, 1.165) is 17.0 Å². The minimum absolute atomic E-state index is 0.0790. The summed E-state index contributed by atoms with van der Waals surface area (Å²) in [6.07, 6.45) is -3.64. The summed E-state index contributed by atoms with van der Waals surface area (Å²) in [5, 5.41) is 2.44. The molecular weight excluding hydrogens is 442 g/mol. The number of aromatic nitrogens is 2. The van der Waals surface area contributed by atoms with Gasteiger partial charge in [-0.1, -0.05) is 34.8 Å². The first-order chi connectivity index (χ1) is 13.1. The molecule has 1 amide bonds. The number of anilines is 1. The van der Waals surface area contributed by atoms with Crippen LogP contribution in [0.15, 0.2) is 41.5 Å². The number of rotatable bonds is 3. The lowest BCUT2D eigenvalue weighted by molar-refractivity contribution is -0.137. The van der Waals surface area contributed by atoms with Crippen molar-refractivity contribution in [3.8, 4) is 0 Å². The van der Waals surface area contributed by atoms with E-state index >= 15 is 0 Å². The fourth-order valence-electron chi connectivity index (χ4n) is 2.51. The molecule has 0 spiro atoms. The molecule has 0 atom stereocenters. The Morgan fingerprint density at radius 3 is 2.50 bits per heavy atom. The van der Waals surface area contributed by atoms with Crippen LogP contribution < -0.4 is 10.9 Å². The lowest BCUT2D eigenvalue weighted by Crippen LogP contribution is -2.28. The van der Waals surface area contributed by atoms with Gasteiger partial charge in [0.15, 0.2) is 0 Å². The number of nitrogens with zero attached hydrogens (tertiary/aromatic N) is 2. The van der Waals surface area contributed by atoms with Crippen LogP contribution >= 0.6 is 34.8 Å². The number of amides is 1. The van der Waals surface area contributed by atoms with E-state index in [1.54, 1.807) is 0 Å². The summed E-state index contributed by atoms with van der Waals surface area (Å²) in [7, 11) is 0. The van der Waals surface area contributed by atoms with Crippen molar-refractivity contribution in [1.29, 1.82) is 0 Å². The van der Waals surface area contributed by atoms with Gasteiger partial charge < -0.3 is 5.32 Å². The number of halogens is 6. The van der Waals surface area contributed by atoms with Crippen molar-refractivity contribution in [2.45, 2.75) is 12.7 Å². The second-order valence-corrected chi connectivity index (χ2v) is 6.98. The Labute approximate surface area is 170 Å². The summed E-state index contributed by atoms with van der Waals surface area (Å²) in [5.74, 6) is -0.857. The van der Waals surface area contributed by atoms with Gasteiger partial charge in [-0.3, -0.25) is 14.2 Å². The smallest absolute Gasteiger partial charge is 0.324 e. The third-order valence-electron chi connectivity index (χ3n) is 3.72. The molecule has 1 N–H and O–H groups in total. The normalized spacial score (nSPS) is 11.6. The van der Waals surface area contributed by atoms with Crippen molar-refractivity contribution in [2.75, 3.05) is 5.32 Å². The number of nitrogens with one attached hydrogen (secondary N) is 1. The van der Waals surface area contributed by atoms with Crippen LogP contribution in [0.5, 0.6) is 0 Å². The molecule has 28 heavy (non-hydrogen) atoms. The number of alkyl halides is 3. The molecule has 1 aromatic heterocycles. The lowest BCUT2D eigenvalue weighted by Gasteiger charge is -2.14. The molecule has 2 aromatic carbocycles. The van der Waals surface area contributed by atoms with E-state index < -0.39 is 35.4 Å². The van der Waals surface area contributed by atoms with Crippen molar-refractivity contribution in [1.82, 2.24) is 9.55 Å². The second-order valence-electron chi connectivity index (χ2n) is 5.70. The van der Waals surface area contributed by atoms with Crippen LogP contribution in [0.3, 0.4) is 0 Å². The molecule has 0 bridgehead atoms. The number of benzene rings is 2. The Kier molecular flexibility index (Phi) is 5.56. The van der Waals surface area contributed by atoms with Crippen molar-refractivity contribution >= 4 is 57.3 Å². The molecule has 0 saturated carbocycles. The fourth-order valence-corrected chi connectivity index (χ4v) is 3.23. The highest BCUT2D eigenvalue weighted by atomic mass is 35.5. The van der Waals surface area contributed by atoms with Crippen LogP contribution in [0.1, 0.15) is 5.56 Å². The summed E-state index contributed by atoms with van der Waals surface area (Å²) in [6, 6.07) is 5.69. The number of fused-ring (bicyclic) bond motifs is 1. The van der Waals surface area contributed by atoms with Crippen LogP contribution in [-0.4, -0.2) is 15.5 Å². The number of carbonyl (C=O) groups is 1. The Morgan fingerprint density at radius 2 is 1.82 bits per heavy atom. The minimum atomic E-state index is -4.72. The van der Waals surface area contributed by atoms with Gasteiger partial charge in [0.05, 0.1) is 33.5 Å². The standard InChI is InChI=1S/C17H9Cl3F3N3O2/c18-8-1-2-13(11(4-8)17(21,22)23)25-14(27)6-26-7-24-15-10(16(26)28)3-9(19)5-12(15)20/h1-5,7H,6H2,(H,25,27). The van der Waals surface area contributed by atoms with Gasteiger partial charge in [-0.2, -0.15) is 13.2 Å². The topological polar surface area (TPSA) is 64.0 Å². The second kappa shape index (κ2) is 7.62. The van der Waals surface area contributed by atoms with Crippen LogP contribution in [-0.2, 0) is 17.5 Å². The molecule has 146 valence electrons. The zero-order valence-corrected chi connectivity index (χ0v) is 15.9. The monoisotopic (exact) mass is 449 g/mol. The van der Waals surface area contributed by atoms with E-state index in [0.29, 0.717) is 6.07 Å². The van der Waals surface area contributed by atoms with Crippen molar-refractivity contribution < 1.29 is 18.0 Å². The number of carbonyl (C=O) groups excluding carboxylic acids is 1. The first-order valence-corrected chi connectivity index (χ1v) is 8.70. The van der Waals surface area contributed by atoms with Crippen molar-refractivity contribution in [2.24, 2.45) is 0 Å². The predicted octanol–water partition coefficient (Wildman–Crippen LogP) is 5.01. The van der Waals surface area contributed by atoms with E-state index in [4.69, 9.17) is 34.8 Å². The van der Waals surface area contributed by atoms with E-state index in [9.17, 15) is 22.8 Å². The van der Waals surface area contributed by atoms with Gasteiger partial charge in [0.2, 0.25) is 5.91 Å². The van der Waals surface area contributed by atoms with Crippen molar-refractivity contribution in [3.05, 3.63) is 67.6 Å². The third kappa shape index (κ3) is 4.24. The molecule has 11 heteroatoms. The Bertz CT molecular complexity index is 1150. The minimum Gasteiger partial charge on any atom is -0.324 e. The highest BCUT2D eigenvalue weighted by Gasteiger charge is 2.34. The predicted molar refractivity (Wildman–Crippen MR) is 101 cm³/mol. The molecule has 3 aromatic rings. The van der Waals surface area contributed by atoms with E-state index in [2.05, 4.69) is 10.3 Å². The lowest BCUT2D eigenvalue weighted by atomic mass is 10.1. The van der Waals surface area contributed by atoms with Gasteiger partial charge in [-0.15, -0.1) is 0 Å². The quantitative estimate of drug-likeness (QED) is 0.610. The maximum atomic E-state index is 13.1. The maximum Gasteiger partial charge on any atom is 0.418 e. The summed E-state index contributed by atoms with van der Waals surface area (Å²) in [5.41, 5.74) is -1.99. The van der Waals surface area contributed by atoms with E-state index in [1.165, 1.54) is 18.2 Å². The SMILES string of the molecule is O=C(Cn1cnc2c(Cl)cc(Cl)cc2c1=O)Nc1ccc(Cl)cc1C(F)(F)F. The molecule has 5 nitrogen and oxygen atoms in total. The van der Waals surface area contributed by atoms with Crippen molar-refractivity contribution in [3.63, 3.8) is 0 Å². The molecule has 0 fully saturated rings. The molecule has 0 saturated heterocycles. The van der Waals surface area contributed by atoms with Gasteiger partial charge in [0.25, 0.3) is 5.56 Å². The molecule has 1 heterocycles. The third-order valence-corrected chi connectivity index (χ3v) is 4.46. The largest absolute Gasteiger partial charge is 0.418 e. The summed E-state index contributed by atoms with van der Waals surface area (Å²) in [6.45, 7) is -0.564. The van der Waals surface area contributed by atoms with E-state index in [1.807, 2.05) is 0 Å². The zero-order chi connectivity index (χ0) is 20.6. The summed E-state index contributed by atoms with van der Waals surface area (Å²) < 4.78 is 40.3. The average Bonchev–Trinajstić information content (AvgIpc) is 2.58. The van der Waals surface area contributed by atoms with Crippen LogP contribution in [0.25, 0.3) is 10.9 Å². The molecule has 0 aliphatic carbocycles. The van der Waals surface area contributed by atoms with Crippen LogP contribution in [0, 0.1) is 0 Å². The summed E-state index contributed by atoms with van der Waals surface area (Å²) >= 11 is 17.5. The highest BCUT2D eigenvalue weighted by Crippen LogP contribution is 2.36. The Balaban J connectivity index is 1.91. The highest BCUT2D eigenvalue weighted by molar-refractivity contribution is 6.38. The first-order valence-electron chi connectivity index (χ1n) is 7.57. The van der Waals surface area contributed by atoms with Gasteiger partial charge in [-0.05, 0) is 30.3 Å². The molecule has 0 unspecified atom stereocenters. The fraction of sp³-hybridized carbons (Fsp3) is 0.118. The molecule has 3 rings (SSSR count). The van der Waals surface area contributed by atoms with Crippen LogP contribution in [0.4, 0.5) is 18.9 Å². The Morgan fingerprint density at radius 1 is 1.11 bits per heavy atom. The summed E-state index contributed by atoms with van der Waals surface area (Å²) in [4.78, 5) is 28.7. The Hall–Kier alpha value is -2.29. The van der Waals surface area contributed by atoms with E-state index in [-0.39, 0.29) is 26.0 Å². The van der Waals surface area contributed by atoms with Gasteiger partial charge in [0.1, 0.15) is 6.54 Å². The molecule has 0 aliphatic rings. The van der Waals surface area contributed by atoms with Gasteiger partial charge in [0, 0.05) is 10.0 Å². The van der Waals surface area contributed by atoms with Crippen LogP contribution in [0.2, 0.25) is 15.1 Å². The molecular formula is C17H9Cl3F3N3O2. The maximum absolute atomic E-state index is 13.1. The number of hydrogen-bond acceptors (Lipinski definition) is 3. The first kappa shape index (κ1) is 20.4. The van der Waals surface area contributed by atoms with Gasteiger partial charge >= 0.3 is 6.18 Å².